The molecule has 0 aliphatic rings. The van der Waals surface area contributed by atoms with Crippen LogP contribution in [0.25, 0.3) is 0 Å². The molecule has 1 atom stereocenters. The Morgan fingerprint density at radius 1 is 0.833 bits per heavy atom. The molecule has 4 heteroatoms. The highest BCUT2D eigenvalue weighted by atomic mass is 35.5. The van der Waals surface area contributed by atoms with Gasteiger partial charge in [-0.05, 0) is 42.0 Å². The van der Waals surface area contributed by atoms with Crippen molar-refractivity contribution >= 4 is 29.3 Å². The van der Waals surface area contributed by atoms with Gasteiger partial charge in [0.25, 0.3) is 5.91 Å². The van der Waals surface area contributed by atoms with Crippen LogP contribution in [-0.4, -0.2) is 5.91 Å². The van der Waals surface area contributed by atoms with Crippen molar-refractivity contribution in [3.8, 4) is 0 Å². The van der Waals surface area contributed by atoms with Gasteiger partial charge in [0.1, 0.15) is 5.37 Å². The van der Waals surface area contributed by atoms with Crippen molar-refractivity contribution in [1.29, 1.82) is 0 Å². The van der Waals surface area contributed by atoms with Crippen molar-refractivity contribution in [2.75, 3.05) is 0 Å². The van der Waals surface area contributed by atoms with Crippen molar-refractivity contribution in [2.45, 2.75) is 10.3 Å². The van der Waals surface area contributed by atoms with Crippen LogP contribution in [0.2, 0.25) is 5.02 Å². The Morgan fingerprint density at radius 3 is 2.04 bits per heavy atom. The molecule has 120 valence electrons. The van der Waals surface area contributed by atoms with E-state index >= 15 is 0 Å². The molecule has 3 rings (SSSR count). The number of thioether (sulfide) groups is 1. The Bertz CT molecular complexity index is 791. The average Bonchev–Trinajstić information content (AvgIpc) is 2.63. The van der Waals surface area contributed by atoms with E-state index in [-0.39, 0.29) is 11.3 Å². The summed E-state index contributed by atoms with van der Waals surface area (Å²) >= 11 is 7.58. The third kappa shape index (κ3) is 4.40. The first-order valence-electron chi connectivity index (χ1n) is 7.55. The van der Waals surface area contributed by atoms with Gasteiger partial charge < -0.3 is 5.32 Å². The van der Waals surface area contributed by atoms with E-state index in [0.717, 1.165) is 10.5 Å². The fraction of sp³-hybridized carbons (Fsp3) is 0.0500. The maximum atomic E-state index is 12.5. The summed E-state index contributed by atoms with van der Waals surface area (Å²) in [6.45, 7) is 0. The van der Waals surface area contributed by atoms with Crippen LogP contribution in [0.5, 0.6) is 0 Å². The second-order valence-corrected chi connectivity index (χ2v) is 6.82. The maximum Gasteiger partial charge on any atom is 0.252 e. The minimum atomic E-state index is -0.197. The van der Waals surface area contributed by atoms with E-state index in [1.54, 1.807) is 23.9 Å². The minimum Gasteiger partial charge on any atom is -0.336 e. The molecule has 3 aromatic rings. The zero-order valence-corrected chi connectivity index (χ0v) is 14.4. The lowest BCUT2D eigenvalue weighted by Crippen LogP contribution is -2.26. The van der Waals surface area contributed by atoms with Gasteiger partial charge >= 0.3 is 0 Å². The van der Waals surface area contributed by atoms with Gasteiger partial charge in [-0.3, -0.25) is 4.79 Å². The van der Waals surface area contributed by atoms with Gasteiger partial charge in [0.2, 0.25) is 0 Å². The molecule has 3 aromatic carbocycles. The molecule has 0 aromatic heterocycles. The summed E-state index contributed by atoms with van der Waals surface area (Å²) < 4.78 is 0. The fourth-order valence-electron chi connectivity index (χ4n) is 2.25. The summed E-state index contributed by atoms with van der Waals surface area (Å²) in [5.74, 6) is -0.0982. The molecule has 0 saturated carbocycles. The highest BCUT2D eigenvalue weighted by molar-refractivity contribution is 7.99. The number of carbonyl (C=O) groups excluding carboxylic acids is 1. The van der Waals surface area contributed by atoms with E-state index in [2.05, 4.69) is 5.32 Å². The van der Waals surface area contributed by atoms with Gasteiger partial charge in [0, 0.05) is 15.5 Å². The molecule has 0 fully saturated rings. The van der Waals surface area contributed by atoms with E-state index in [1.807, 2.05) is 72.8 Å². The molecular formula is C20H16ClNOS. The average molecular weight is 354 g/mol. The van der Waals surface area contributed by atoms with Crippen LogP contribution in [0.1, 0.15) is 21.3 Å². The molecule has 1 N–H and O–H groups in total. The smallest absolute Gasteiger partial charge is 0.252 e. The number of carbonyl (C=O) groups is 1. The number of rotatable bonds is 5. The summed E-state index contributed by atoms with van der Waals surface area (Å²) in [4.78, 5) is 13.6. The Hall–Kier alpha value is -2.23. The van der Waals surface area contributed by atoms with E-state index < -0.39 is 0 Å². The highest BCUT2D eigenvalue weighted by Gasteiger charge is 2.17. The molecule has 0 saturated heterocycles. The fourth-order valence-corrected chi connectivity index (χ4v) is 3.42. The van der Waals surface area contributed by atoms with Crippen molar-refractivity contribution < 1.29 is 4.79 Å². The molecule has 0 unspecified atom stereocenters. The van der Waals surface area contributed by atoms with E-state index in [9.17, 15) is 4.79 Å². The van der Waals surface area contributed by atoms with Crippen LogP contribution in [0.15, 0.2) is 89.8 Å². The zero-order valence-electron chi connectivity index (χ0n) is 12.9. The minimum absolute atomic E-state index is 0.0982. The molecule has 0 radical (unpaired) electrons. The number of benzene rings is 3. The Kier molecular flexibility index (Phi) is 5.57. The third-order valence-electron chi connectivity index (χ3n) is 3.47. The van der Waals surface area contributed by atoms with Gasteiger partial charge in [0.05, 0.1) is 0 Å². The van der Waals surface area contributed by atoms with Gasteiger partial charge in [-0.2, -0.15) is 0 Å². The molecule has 0 spiro atoms. The van der Waals surface area contributed by atoms with Crippen LogP contribution in [0.3, 0.4) is 0 Å². The normalized spacial score (nSPS) is 11.7. The van der Waals surface area contributed by atoms with Crippen molar-refractivity contribution in [1.82, 2.24) is 5.32 Å². The first-order valence-corrected chi connectivity index (χ1v) is 8.81. The second-order valence-electron chi connectivity index (χ2n) is 5.20. The SMILES string of the molecule is O=C(N[C@H](Sc1ccccc1)c1ccc(Cl)cc1)c1ccccc1. The van der Waals surface area contributed by atoms with E-state index in [0.29, 0.717) is 10.6 Å². The van der Waals surface area contributed by atoms with Gasteiger partial charge in [-0.15, -0.1) is 0 Å². The summed E-state index contributed by atoms with van der Waals surface area (Å²) in [6, 6.07) is 26.8. The standard InChI is InChI=1S/C20H16ClNOS/c21-17-13-11-16(12-14-17)20(24-18-9-5-2-6-10-18)22-19(23)15-7-3-1-4-8-15/h1-14,20H,(H,22,23)/t20-/m1/s1. The van der Waals surface area contributed by atoms with Crippen LogP contribution >= 0.6 is 23.4 Å². The largest absolute Gasteiger partial charge is 0.336 e. The molecule has 2 nitrogen and oxygen atoms in total. The van der Waals surface area contributed by atoms with Gasteiger partial charge in [-0.25, -0.2) is 0 Å². The van der Waals surface area contributed by atoms with E-state index in [1.165, 1.54) is 0 Å². The first kappa shape index (κ1) is 16.6. The molecule has 0 heterocycles. The topological polar surface area (TPSA) is 29.1 Å². The Morgan fingerprint density at radius 2 is 1.42 bits per heavy atom. The van der Waals surface area contributed by atoms with Crippen LogP contribution in [0, 0.1) is 0 Å². The molecule has 0 bridgehead atoms. The Balaban J connectivity index is 1.84. The van der Waals surface area contributed by atoms with Crippen LogP contribution in [0.4, 0.5) is 0 Å². The van der Waals surface area contributed by atoms with Gasteiger partial charge in [0.15, 0.2) is 0 Å². The van der Waals surface area contributed by atoms with Crippen molar-refractivity contribution in [3.05, 3.63) is 101 Å². The second kappa shape index (κ2) is 8.04. The lowest BCUT2D eigenvalue weighted by molar-refractivity contribution is 0.0949. The number of halogens is 1. The first-order chi connectivity index (χ1) is 11.7. The lowest BCUT2D eigenvalue weighted by atomic mass is 10.2. The van der Waals surface area contributed by atoms with E-state index in [4.69, 9.17) is 11.6 Å². The quantitative estimate of drug-likeness (QED) is 0.480. The van der Waals surface area contributed by atoms with Gasteiger partial charge in [-0.1, -0.05) is 71.9 Å². The summed E-state index contributed by atoms with van der Waals surface area (Å²) in [6.07, 6.45) is 0. The number of hydrogen-bond acceptors (Lipinski definition) is 2. The molecular weight excluding hydrogens is 338 g/mol. The third-order valence-corrected chi connectivity index (χ3v) is 4.89. The lowest BCUT2D eigenvalue weighted by Gasteiger charge is -2.19. The number of amides is 1. The highest BCUT2D eigenvalue weighted by Crippen LogP contribution is 2.33. The van der Waals surface area contributed by atoms with Crippen LogP contribution in [-0.2, 0) is 0 Å². The molecule has 24 heavy (non-hydrogen) atoms. The van der Waals surface area contributed by atoms with Crippen LogP contribution < -0.4 is 5.32 Å². The number of hydrogen-bond donors (Lipinski definition) is 1. The maximum absolute atomic E-state index is 12.5. The predicted octanol–water partition coefficient (Wildman–Crippen LogP) is 5.56. The monoisotopic (exact) mass is 353 g/mol. The summed E-state index contributed by atoms with van der Waals surface area (Å²) in [7, 11) is 0. The molecule has 0 aliphatic heterocycles. The summed E-state index contributed by atoms with van der Waals surface area (Å²) in [5, 5.41) is 3.58. The number of nitrogens with one attached hydrogen (secondary N) is 1. The molecule has 0 aliphatic carbocycles. The summed E-state index contributed by atoms with van der Waals surface area (Å²) in [5.41, 5.74) is 1.64. The predicted molar refractivity (Wildman–Crippen MR) is 100 cm³/mol. The van der Waals surface area contributed by atoms with Crippen molar-refractivity contribution in [2.24, 2.45) is 0 Å². The Labute approximate surface area is 150 Å². The van der Waals surface area contributed by atoms with Crippen molar-refractivity contribution in [3.63, 3.8) is 0 Å². The molecule has 1 amide bonds. The zero-order chi connectivity index (χ0) is 16.8.